The van der Waals surface area contributed by atoms with Gasteiger partial charge in [-0.3, -0.25) is 0 Å². The molecule has 0 radical (unpaired) electrons. The summed E-state index contributed by atoms with van der Waals surface area (Å²) in [5.74, 6) is 0.697. The van der Waals surface area contributed by atoms with Gasteiger partial charge in [0, 0.05) is 5.54 Å². The van der Waals surface area contributed by atoms with E-state index in [1.54, 1.807) is 24.3 Å². The van der Waals surface area contributed by atoms with Gasteiger partial charge in [0.15, 0.2) is 0 Å². The lowest BCUT2D eigenvalue weighted by atomic mass is 10.3. The highest BCUT2D eigenvalue weighted by Gasteiger charge is 2.41. The molecule has 0 aliphatic heterocycles. The van der Waals surface area contributed by atoms with Gasteiger partial charge in [0.25, 0.3) is 0 Å². The molecule has 2 N–H and O–H groups in total. The van der Waals surface area contributed by atoms with Crippen LogP contribution in [0.1, 0.15) is 33.1 Å². The van der Waals surface area contributed by atoms with Crippen LogP contribution >= 0.6 is 0 Å². The fourth-order valence-corrected chi connectivity index (χ4v) is 3.42. The van der Waals surface area contributed by atoms with Crippen LogP contribution in [0.5, 0.6) is 5.75 Å². The summed E-state index contributed by atoms with van der Waals surface area (Å²) in [5.41, 5.74) is -0.250. The third-order valence-electron chi connectivity index (χ3n) is 3.53. The molecule has 118 valence electrons. The van der Waals surface area contributed by atoms with Gasteiger partial charge in [-0.05, 0) is 63.5 Å². The van der Waals surface area contributed by atoms with Crippen molar-refractivity contribution in [1.29, 1.82) is 0 Å². The van der Waals surface area contributed by atoms with E-state index in [-0.39, 0.29) is 10.4 Å². The van der Waals surface area contributed by atoms with E-state index in [9.17, 15) is 8.42 Å². The summed E-state index contributed by atoms with van der Waals surface area (Å²) < 4.78 is 32.7. The summed E-state index contributed by atoms with van der Waals surface area (Å²) in [6.07, 6.45) is 2.73. The minimum atomic E-state index is -3.42. The summed E-state index contributed by atoms with van der Waals surface area (Å²) >= 11 is 0. The predicted molar refractivity (Wildman–Crippen MR) is 83.1 cm³/mol. The van der Waals surface area contributed by atoms with Crippen LogP contribution in [0.25, 0.3) is 0 Å². The van der Waals surface area contributed by atoms with Gasteiger partial charge >= 0.3 is 0 Å². The number of ether oxygens (including phenoxy) is 1. The molecule has 0 bridgehead atoms. The van der Waals surface area contributed by atoms with Crippen molar-refractivity contribution in [2.75, 3.05) is 19.7 Å². The maximum atomic E-state index is 12.2. The van der Waals surface area contributed by atoms with Crippen molar-refractivity contribution in [2.24, 2.45) is 0 Å². The zero-order valence-electron chi connectivity index (χ0n) is 12.7. The Morgan fingerprint density at radius 1 is 1.24 bits per heavy atom. The molecule has 1 aliphatic carbocycles. The van der Waals surface area contributed by atoms with Gasteiger partial charge in [0.1, 0.15) is 5.75 Å². The van der Waals surface area contributed by atoms with Crippen LogP contribution in [0.15, 0.2) is 29.2 Å². The van der Waals surface area contributed by atoms with Crippen molar-refractivity contribution in [3.8, 4) is 5.75 Å². The molecule has 0 heterocycles. The minimum Gasteiger partial charge on any atom is -0.494 e. The Hall–Kier alpha value is -1.11. The van der Waals surface area contributed by atoms with E-state index in [1.807, 2.05) is 6.92 Å². The zero-order chi connectivity index (χ0) is 15.3. The summed E-state index contributed by atoms with van der Waals surface area (Å²) in [7, 11) is -3.42. The van der Waals surface area contributed by atoms with Gasteiger partial charge in [0.05, 0.1) is 11.5 Å². The second-order valence-electron chi connectivity index (χ2n) is 5.69. The van der Waals surface area contributed by atoms with Gasteiger partial charge in [-0.2, -0.15) is 0 Å². The zero-order valence-corrected chi connectivity index (χ0v) is 13.5. The second kappa shape index (κ2) is 6.77. The molecule has 1 aromatic rings. The number of benzene rings is 1. The van der Waals surface area contributed by atoms with Gasteiger partial charge in [-0.15, -0.1) is 0 Å². The van der Waals surface area contributed by atoms with Crippen LogP contribution in [0.3, 0.4) is 0 Å². The van der Waals surface area contributed by atoms with E-state index >= 15 is 0 Å². The van der Waals surface area contributed by atoms with Gasteiger partial charge in [-0.25, -0.2) is 13.1 Å². The molecule has 6 heteroatoms. The van der Waals surface area contributed by atoms with Crippen LogP contribution in [0.4, 0.5) is 0 Å². The number of rotatable bonds is 9. The lowest BCUT2D eigenvalue weighted by Gasteiger charge is -2.12. The molecular weight excluding hydrogens is 288 g/mol. The Morgan fingerprint density at radius 3 is 2.48 bits per heavy atom. The van der Waals surface area contributed by atoms with Crippen LogP contribution < -0.4 is 14.8 Å². The predicted octanol–water partition coefficient (Wildman–Crippen LogP) is 1.90. The number of nitrogens with one attached hydrogen (secondary N) is 2. The quantitative estimate of drug-likeness (QED) is 0.683. The Bertz CT molecular complexity index is 551. The standard InChI is InChI=1S/C15H24N2O3S/c1-3-16-11-4-12-20-13-5-7-14(8-6-13)21(18,19)17-15(2)9-10-15/h5-8,16-17H,3-4,9-12H2,1-2H3. The molecule has 0 atom stereocenters. The monoisotopic (exact) mass is 312 g/mol. The van der Waals surface area contributed by atoms with Crippen LogP contribution in [-0.2, 0) is 10.0 Å². The fourth-order valence-electron chi connectivity index (χ4n) is 1.95. The summed E-state index contributed by atoms with van der Waals surface area (Å²) in [6.45, 7) is 6.49. The Balaban J connectivity index is 1.86. The van der Waals surface area contributed by atoms with Crippen molar-refractivity contribution in [3.63, 3.8) is 0 Å². The van der Waals surface area contributed by atoms with E-state index < -0.39 is 10.0 Å². The average molecular weight is 312 g/mol. The first-order valence-corrected chi connectivity index (χ1v) is 8.91. The third kappa shape index (κ3) is 4.98. The summed E-state index contributed by atoms with van der Waals surface area (Å²) in [6, 6.07) is 6.59. The maximum Gasteiger partial charge on any atom is 0.241 e. The van der Waals surface area contributed by atoms with Gasteiger partial charge < -0.3 is 10.1 Å². The van der Waals surface area contributed by atoms with Crippen molar-refractivity contribution in [1.82, 2.24) is 10.0 Å². The molecule has 1 fully saturated rings. The van der Waals surface area contributed by atoms with Gasteiger partial charge in [-0.1, -0.05) is 6.92 Å². The Labute approximate surface area is 127 Å². The average Bonchev–Trinajstić information content (AvgIpc) is 3.15. The minimum absolute atomic E-state index is 0.250. The molecule has 0 amide bonds. The third-order valence-corrected chi connectivity index (χ3v) is 5.19. The second-order valence-corrected chi connectivity index (χ2v) is 7.38. The highest BCUT2D eigenvalue weighted by molar-refractivity contribution is 7.89. The Kier molecular flexibility index (Phi) is 5.24. The topological polar surface area (TPSA) is 67.4 Å². The van der Waals surface area contributed by atoms with E-state index in [0.29, 0.717) is 12.4 Å². The van der Waals surface area contributed by atoms with Gasteiger partial charge in [0.2, 0.25) is 10.0 Å². The molecule has 2 rings (SSSR count). The van der Waals surface area contributed by atoms with E-state index in [2.05, 4.69) is 17.0 Å². The van der Waals surface area contributed by atoms with E-state index in [1.165, 1.54) is 0 Å². The highest BCUT2D eigenvalue weighted by Crippen LogP contribution is 2.36. The lowest BCUT2D eigenvalue weighted by Crippen LogP contribution is -2.34. The normalized spacial score (nSPS) is 16.7. The molecule has 0 aromatic heterocycles. The highest BCUT2D eigenvalue weighted by atomic mass is 32.2. The fraction of sp³-hybridized carbons (Fsp3) is 0.600. The molecule has 0 spiro atoms. The number of hydrogen-bond donors (Lipinski definition) is 2. The largest absolute Gasteiger partial charge is 0.494 e. The lowest BCUT2D eigenvalue weighted by molar-refractivity contribution is 0.308. The molecule has 1 aromatic carbocycles. The smallest absolute Gasteiger partial charge is 0.241 e. The van der Waals surface area contributed by atoms with Crippen molar-refractivity contribution < 1.29 is 13.2 Å². The first kappa shape index (κ1) is 16.3. The summed E-state index contributed by atoms with van der Waals surface area (Å²) in [4.78, 5) is 0.288. The first-order chi connectivity index (χ1) is 9.95. The molecule has 1 aliphatic rings. The molecule has 0 saturated heterocycles. The molecule has 1 saturated carbocycles. The van der Waals surface area contributed by atoms with Crippen molar-refractivity contribution >= 4 is 10.0 Å². The van der Waals surface area contributed by atoms with Crippen LogP contribution in [-0.4, -0.2) is 33.7 Å². The van der Waals surface area contributed by atoms with Crippen LogP contribution in [0.2, 0.25) is 0 Å². The summed E-state index contributed by atoms with van der Waals surface area (Å²) in [5, 5.41) is 3.22. The van der Waals surface area contributed by atoms with Crippen molar-refractivity contribution in [3.05, 3.63) is 24.3 Å². The van der Waals surface area contributed by atoms with Crippen molar-refractivity contribution in [2.45, 2.75) is 43.5 Å². The number of sulfonamides is 1. The van der Waals surface area contributed by atoms with E-state index in [0.717, 1.165) is 32.4 Å². The molecular formula is C15H24N2O3S. The maximum absolute atomic E-state index is 12.2. The molecule has 0 unspecified atom stereocenters. The molecule has 21 heavy (non-hydrogen) atoms. The number of hydrogen-bond acceptors (Lipinski definition) is 4. The van der Waals surface area contributed by atoms with Crippen LogP contribution in [0, 0.1) is 0 Å². The SMILES string of the molecule is CCNCCCOc1ccc(S(=O)(=O)NC2(C)CC2)cc1. The van der Waals surface area contributed by atoms with E-state index in [4.69, 9.17) is 4.74 Å². The first-order valence-electron chi connectivity index (χ1n) is 7.43. The molecule has 5 nitrogen and oxygen atoms in total. The Morgan fingerprint density at radius 2 is 1.90 bits per heavy atom.